The third-order valence-corrected chi connectivity index (χ3v) is 2.94. The lowest BCUT2D eigenvalue weighted by molar-refractivity contribution is -0.153. The fourth-order valence-corrected chi connectivity index (χ4v) is 1.76. The van der Waals surface area contributed by atoms with Gasteiger partial charge in [0.2, 0.25) is 5.91 Å². The maximum absolute atomic E-state index is 11.8. The van der Waals surface area contributed by atoms with Crippen LogP contribution in [-0.4, -0.2) is 78.8 Å². The van der Waals surface area contributed by atoms with Gasteiger partial charge in [-0.15, -0.1) is 0 Å². The molecule has 0 aromatic rings. The Morgan fingerprint density at radius 2 is 1.79 bits per heavy atom. The molecule has 1 fully saturated rings. The molecule has 19 heavy (non-hydrogen) atoms. The van der Waals surface area contributed by atoms with Crippen molar-refractivity contribution in [1.82, 2.24) is 20.2 Å². The lowest BCUT2D eigenvalue weighted by Crippen LogP contribution is -2.56. The molecule has 1 aliphatic heterocycles. The topological polar surface area (TPSA) is 99.0 Å². The first-order chi connectivity index (χ1) is 8.95. The second kappa shape index (κ2) is 7.17. The van der Waals surface area contributed by atoms with Crippen LogP contribution in [0.5, 0.6) is 0 Å². The van der Waals surface area contributed by atoms with Crippen molar-refractivity contribution >= 4 is 17.7 Å². The molecular weight excluding hydrogens is 250 g/mol. The molecule has 1 saturated heterocycles. The number of hydrazine groups is 1. The summed E-state index contributed by atoms with van der Waals surface area (Å²) in [6.07, 6.45) is 0. The van der Waals surface area contributed by atoms with Gasteiger partial charge in [-0.2, -0.15) is 0 Å². The molecule has 3 amide bonds. The summed E-state index contributed by atoms with van der Waals surface area (Å²) in [6.45, 7) is 4.33. The van der Waals surface area contributed by atoms with Crippen molar-refractivity contribution in [3.05, 3.63) is 0 Å². The molecule has 108 valence electrons. The maximum atomic E-state index is 11.8. The molecule has 0 aromatic carbocycles. The number of likely N-dealkylation sites (N-methyl/N-ethyl adjacent to an activating group) is 1. The third-order valence-electron chi connectivity index (χ3n) is 2.94. The number of hydrogen-bond acceptors (Lipinski definition) is 6. The van der Waals surface area contributed by atoms with Gasteiger partial charge in [0.1, 0.15) is 0 Å². The summed E-state index contributed by atoms with van der Waals surface area (Å²) in [7, 11) is 1.99. The highest BCUT2D eigenvalue weighted by molar-refractivity contribution is 6.37. The molecule has 1 heterocycles. The second-order valence-electron chi connectivity index (χ2n) is 4.50. The molecule has 3 N–H and O–H groups in total. The molecule has 1 aliphatic rings. The van der Waals surface area contributed by atoms with E-state index in [2.05, 4.69) is 10.3 Å². The summed E-state index contributed by atoms with van der Waals surface area (Å²) in [5, 5.41) is 1.68. The van der Waals surface area contributed by atoms with E-state index in [9.17, 15) is 14.4 Å². The normalized spacial score (nSPS) is 17.0. The van der Waals surface area contributed by atoms with E-state index in [4.69, 9.17) is 5.73 Å². The minimum absolute atomic E-state index is 0.0460. The van der Waals surface area contributed by atoms with Crippen molar-refractivity contribution in [2.24, 2.45) is 5.73 Å². The smallest absolute Gasteiger partial charge is 0.324 e. The van der Waals surface area contributed by atoms with E-state index in [0.717, 1.165) is 18.0 Å². The van der Waals surface area contributed by atoms with Crippen molar-refractivity contribution in [3.63, 3.8) is 0 Å². The second-order valence-corrected chi connectivity index (χ2v) is 4.50. The Bertz CT molecular complexity index is 352. The number of hydrogen-bond donors (Lipinski definition) is 2. The van der Waals surface area contributed by atoms with Crippen LogP contribution in [0.1, 0.15) is 6.92 Å². The van der Waals surface area contributed by atoms with E-state index in [1.165, 1.54) is 6.92 Å². The van der Waals surface area contributed by atoms with Crippen LogP contribution in [0.2, 0.25) is 0 Å². The van der Waals surface area contributed by atoms with Crippen LogP contribution in [0.4, 0.5) is 0 Å². The van der Waals surface area contributed by atoms with Crippen molar-refractivity contribution in [1.29, 1.82) is 0 Å². The Kier molecular flexibility index (Phi) is 5.87. The first kappa shape index (κ1) is 15.5. The van der Waals surface area contributed by atoms with Gasteiger partial charge in [-0.05, 0) is 7.05 Å². The van der Waals surface area contributed by atoms with Gasteiger partial charge in [0, 0.05) is 46.2 Å². The first-order valence-corrected chi connectivity index (χ1v) is 6.22. The van der Waals surface area contributed by atoms with E-state index < -0.39 is 17.7 Å². The molecule has 0 saturated carbocycles. The number of rotatable bonds is 3. The summed E-state index contributed by atoms with van der Waals surface area (Å²) in [4.78, 5) is 37.8. The third kappa shape index (κ3) is 4.58. The molecule has 0 unspecified atom stereocenters. The van der Waals surface area contributed by atoms with Gasteiger partial charge in [-0.1, -0.05) is 0 Å². The minimum Gasteiger partial charge on any atom is -0.329 e. The Morgan fingerprint density at radius 3 is 2.26 bits per heavy atom. The number of imide groups is 1. The fraction of sp³-hybridized carbons (Fsp3) is 0.727. The Hall–Kier alpha value is -1.51. The molecule has 8 nitrogen and oxygen atoms in total. The summed E-state index contributed by atoms with van der Waals surface area (Å²) < 4.78 is 0. The van der Waals surface area contributed by atoms with Gasteiger partial charge in [0.05, 0.1) is 0 Å². The van der Waals surface area contributed by atoms with Crippen LogP contribution in [0.3, 0.4) is 0 Å². The van der Waals surface area contributed by atoms with Crippen LogP contribution in [0, 0.1) is 0 Å². The molecule has 0 aliphatic carbocycles. The van der Waals surface area contributed by atoms with Crippen LogP contribution in [-0.2, 0) is 14.4 Å². The number of carbonyl (C=O) groups excluding carboxylic acids is 3. The lowest BCUT2D eigenvalue weighted by atomic mass is 10.4. The van der Waals surface area contributed by atoms with Crippen molar-refractivity contribution < 1.29 is 14.4 Å². The average Bonchev–Trinajstić information content (AvgIpc) is 2.37. The van der Waals surface area contributed by atoms with Gasteiger partial charge in [0.15, 0.2) is 0 Å². The highest BCUT2D eigenvalue weighted by atomic mass is 16.2. The van der Waals surface area contributed by atoms with Gasteiger partial charge in [0.25, 0.3) is 0 Å². The fourth-order valence-electron chi connectivity index (χ4n) is 1.76. The number of piperazine rings is 1. The predicted octanol–water partition coefficient (Wildman–Crippen LogP) is -2.40. The zero-order valence-electron chi connectivity index (χ0n) is 11.4. The minimum atomic E-state index is -0.864. The predicted molar refractivity (Wildman–Crippen MR) is 68.7 cm³/mol. The van der Waals surface area contributed by atoms with Gasteiger partial charge in [-0.25, -0.2) is 5.01 Å². The maximum Gasteiger partial charge on any atom is 0.324 e. The molecular formula is C11H21N5O3. The molecule has 0 aromatic heterocycles. The summed E-state index contributed by atoms with van der Waals surface area (Å²) >= 11 is 0. The highest BCUT2D eigenvalue weighted by Gasteiger charge is 2.26. The van der Waals surface area contributed by atoms with E-state index >= 15 is 0 Å². The summed E-state index contributed by atoms with van der Waals surface area (Å²) in [5.41, 5.74) is 7.83. The monoisotopic (exact) mass is 271 g/mol. The number of nitrogens with zero attached hydrogens (tertiary/aromatic N) is 3. The van der Waals surface area contributed by atoms with Gasteiger partial charge >= 0.3 is 11.8 Å². The van der Waals surface area contributed by atoms with Crippen molar-refractivity contribution in [2.75, 3.05) is 46.3 Å². The Balaban J connectivity index is 2.51. The molecule has 0 spiro atoms. The zero-order chi connectivity index (χ0) is 14.4. The Morgan fingerprint density at radius 1 is 1.21 bits per heavy atom. The first-order valence-electron chi connectivity index (χ1n) is 6.22. The van der Waals surface area contributed by atoms with E-state index in [0.29, 0.717) is 13.1 Å². The SMILES string of the molecule is CC(=O)N(CCN)C(=O)C(=O)NN1CCN(C)CC1. The van der Waals surface area contributed by atoms with E-state index in [1.807, 2.05) is 7.05 Å². The van der Waals surface area contributed by atoms with Crippen molar-refractivity contribution in [3.8, 4) is 0 Å². The lowest BCUT2D eigenvalue weighted by Gasteiger charge is -2.32. The average molecular weight is 271 g/mol. The van der Waals surface area contributed by atoms with Crippen LogP contribution >= 0.6 is 0 Å². The van der Waals surface area contributed by atoms with E-state index in [1.54, 1.807) is 5.01 Å². The number of nitrogens with two attached hydrogens (primary N) is 1. The zero-order valence-corrected chi connectivity index (χ0v) is 11.4. The number of amides is 3. The number of nitrogens with one attached hydrogen (secondary N) is 1. The largest absolute Gasteiger partial charge is 0.329 e. The van der Waals surface area contributed by atoms with Crippen LogP contribution in [0.15, 0.2) is 0 Å². The van der Waals surface area contributed by atoms with Gasteiger partial charge in [-0.3, -0.25) is 24.7 Å². The van der Waals surface area contributed by atoms with Crippen LogP contribution < -0.4 is 11.2 Å². The standard InChI is InChI=1S/C11H21N5O3/c1-9(17)16(4-3-12)11(19)10(18)13-15-7-5-14(2)6-8-15/h3-8,12H2,1-2H3,(H,13,18). The quantitative estimate of drug-likeness (QED) is 0.555. The molecule has 0 bridgehead atoms. The van der Waals surface area contributed by atoms with Gasteiger partial charge < -0.3 is 10.6 Å². The molecule has 0 radical (unpaired) electrons. The summed E-state index contributed by atoms with van der Waals surface area (Å²) in [5.74, 6) is -2.14. The van der Waals surface area contributed by atoms with Crippen molar-refractivity contribution in [2.45, 2.75) is 6.92 Å². The molecule has 8 heteroatoms. The highest BCUT2D eigenvalue weighted by Crippen LogP contribution is 1.97. The molecule has 1 rings (SSSR count). The molecule has 0 atom stereocenters. The summed E-state index contributed by atoms with van der Waals surface area (Å²) in [6, 6.07) is 0. The number of carbonyl (C=O) groups is 3. The van der Waals surface area contributed by atoms with Crippen LogP contribution in [0.25, 0.3) is 0 Å². The Labute approximate surface area is 112 Å². The van der Waals surface area contributed by atoms with E-state index in [-0.39, 0.29) is 13.1 Å².